The third-order valence-corrected chi connectivity index (χ3v) is 2.46. The molecule has 0 aliphatic carbocycles. The van der Waals surface area contributed by atoms with Crippen LogP contribution < -0.4 is 5.32 Å². The standard InChI is InChI=1S/C14H14N2O.ClH/c1-11-4-2-5-12(8-11)9-16-14(17)13-6-3-7-15-10-13;/h2-8,10H,9H2,1H3,(H,16,17);1H. The van der Waals surface area contributed by atoms with Crippen molar-refractivity contribution in [3.63, 3.8) is 0 Å². The number of halogens is 1. The molecule has 1 heterocycles. The largest absolute Gasteiger partial charge is 0.348 e. The Kier molecular flexibility index (Phi) is 5.33. The van der Waals surface area contributed by atoms with Gasteiger partial charge in [0.15, 0.2) is 0 Å². The van der Waals surface area contributed by atoms with E-state index in [2.05, 4.69) is 16.4 Å². The molecular formula is C14H15ClN2O. The maximum absolute atomic E-state index is 11.8. The maximum atomic E-state index is 11.8. The van der Waals surface area contributed by atoms with Crippen LogP contribution >= 0.6 is 12.4 Å². The van der Waals surface area contributed by atoms with Crippen molar-refractivity contribution in [2.75, 3.05) is 0 Å². The Morgan fingerprint density at radius 2 is 2.11 bits per heavy atom. The minimum atomic E-state index is -0.0976. The monoisotopic (exact) mass is 262 g/mol. The van der Waals surface area contributed by atoms with Crippen molar-refractivity contribution in [2.24, 2.45) is 0 Å². The predicted molar refractivity (Wildman–Crippen MR) is 73.8 cm³/mol. The zero-order valence-corrected chi connectivity index (χ0v) is 10.9. The van der Waals surface area contributed by atoms with Gasteiger partial charge in [-0.15, -0.1) is 12.4 Å². The van der Waals surface area contributed by atoms with Crippen LogP contribution in [0.1, 0.15) is 21.5 Å². The molecule has 18 heavy (non-hydrogen) atoms. The summed E-state index contributed by atoms with van der Waals surface area (Å²) in [7, 11) is 0. The van der Waals surface area contributed by atoms with E-state index in [4.69, 9.17) is 0 Å². The average molecular weight is 263 g/mol. The van der Waals surface area contributed by atoms with Crippen molar-refractivity contribution in [1.82, 2.24) is 10.3 Å². The van der Waals surface area contributed by atoms with Gasteiger partial charge < -0.3 is 5.32 Å². The van der Waals surface area contributed by atoms with Gasteiger partial charge in [-0.3, -0.25) is 9.78 Å². The molecule has 94 valence electrons. The van der Waals surface area contributed by atoms with Gasteiger partial charge in [0, 0.05) is 18.9 Å². The van der Waals surface area contributed by atoms with Crippen molar-refractivity contribution in [2.45, 2.75) is 13.5 Å². The summed E-state index contributed by atoms with van der Waals surface area (Å²) in [6.07, 6.45) is 3.21. The molecule has 0 aliphatic heterocycles. The molecule has 0 aliphatic rings. The molecule has 0 atom stereocenters. The third-order valence-electron chi connectivity index (χ3n) is 2.46. The molecule has 2 aromatic rings. The second kappa shape index (κ2) is 6.77. The SMILES string of the molecule is Cc1cccc(CNC(=O)c2cccnc2)c1.Cl. The molecule has 0 bridgehead atoms. The maximum Gasteiger partial charge on any atom is 0.253 e. The number of rotatable bonds is 3. The van der Waals surface area contributed by atoms with Crippen LogP contribution in [0.25, 0.3) is 0 Å². The lowest BCUT2D eigenvalue weighted by molar-refractivity contribution is 0.0950. The number of carbonyl (C=O) groups excluding carboxylic acids is 1. The van der Waals surface area contributed by atoms with Crippen LogP contribution in [-0.4, -0.2) is 10.9 Å². The van der Waals surface area contributed by atoms with Gasteiger partial charge in [0.05, 0.1) is 5.56 Å². The van der Waals surface area contributed by atoms with E-state index in [1.54, 1.807) is 24.5 Å². The Bertz CT molecular complexity index is 514. The van der Waals surface area contributed by atoms with Crippen LogP contribution in [-0.2, 0) is 6.54 Å². The fraction of sp³-hybridized carbons (Fsp3) is 0.143. The highest BCUT2D eigenvalue weighted by Gasteiger charge is 2.04. The first-order chi connectivity index (χ1) is 8.25. The average Bonchev–Trinajstić information content (AvgIpc) is 2.37. The van der Waals surface area contributed by atoms with Gasteiger partial charge in [-0.1, -0.05) is 29.8 Å². The Morgan fingerprint density at radius 1 is 1.28 bits per heavy atom. The van der Waals surface area contributed by atoms with Gasteiger partial charge in [-0.05, 0) is 24.6 Å². The fourth-order valence-electron chi connectivity index (χ4n) is 1.60. The fourth-order valence-corrected chi connectivity index (χ4v) is 1.60. The van der Waals surface area contributed by atoms with Gasteiger partial charge in [-0.25, -0.2) is 0 Å². The van der Waals surface area contributed by atoms with Crippen molar-refractivity contribution in [3.05, 3.63) is 65.5 Å². The summed E-state index contributed by atoms with van der Waals surface area (Å²) in [5.74, 6) is -0.0976. The molecule has 0 saturated heterocycles. The molecule has 1 aromatic heterocycles. The van der Waals surface area contributed by atoms with E-state index >= 15 is 0 Å². The zero-order valence-electron chi connectivity index (χ0n) is 10.1. The minimum absolute atomic E-state index is 0. The molecular weight excluding hydrogens is 248 g/mol. The summed E-state index contributed by atoms with van der Waals surface area (Å²) in [6.45, 7) is 2.57. The van der Waals surface area contributed by atoms with E-state index in [-0.39, 0.29) is 18.3 Å². The van der Waals surface area contributed by atoms with Crippen molar-refractivity contribution < 1.29 is 4.79 Å². The number of amides is 1. The van der Waals surface area contributed by atoms with Crippen molar-refractivity contribution in [3.8, 4) is 0 Å². The van der Waals surface area contributed by atoms with Crippen LogP contribution in [0, 0.1) is 6.92 Å². The topological polar surface area (TPSA) is 42.0 Å². The lowest BCUT2D eigenvalue weighted by Crippen LogP contribution is -2.22. The molecule has 1 N–H and O–H groups in total. The van der Waals surface area contributed by atoms with Crippen LogP contribution in [0.5, 0.6) is 0 Å². The van der Waals surface area contributed by atoms with Crippen molar-refractivity contribution in [1.29, 1.82) is 0 Å². The third kappa shape index (κ3) is 3.86. The Morgan fingerprint density at radius 3 is 2.78 bits per heavy atom. The van der Waals surface area contributed by atoms with Gasteiger partial charge in [-0.2, -0.15) is 0 Å². The molecule has 0 saturated carbocycles. The molecule has 1 aromatic carbocycles. The Hall–Kier alpha value is -1.87. The lowest BCUT2D eigenvalue weighted by Gasteiger charge is -2.05. The molecule has 1 amide bonds. The normalized spacial score (nSPS) is 9.39. The summed E-state index contributed by atoms with van der Waals surface area (Å²) >= 11 is 0. The van der Waals surface area contributed by atoms with Gasteiger partial charge >= 0.3 is 0 Å². The highest BCUT2D eigenvalue weighted by Crippen LogP contribution is 2.04. The summed E-state index contributed by atoms with van der Waals surface area (Å²) in [5.41, 5.74) is 2.88. The quantitative estimate of drug-likeness (QED) is 0.924. The smallest absolute Gasteiger partial charge is 0.253 e. The minimum Gasteiger partial charge on any atom is -0.348 e. The van der Waals surface area contributed by atoms with E-state index < -0.39 is 0 Å². The first kappa shape index (κ1) is 14.2. The van der Waals surface area contributed by atoms with Gasteiger partial charge in [0.2, 0.25) is 0 Å². The summed E-state index contributed by atoms with van der Waals surface area (Å²) in [5, 5.41) is 2.86. The number of aryl methyl sites for hydroxylation is 1. The van der Waals surface area contributed by atoms with Crippen LogP contribution in [0.2, 0.25) is 0 Å². The second-order valence-electron chi connectivity index (χ2n) is 3.91. The first-order valence-corrected chi connectivity index (χ1v) is 5.49. The highest BCUT2D eigenvalue weighted by molar-refractivity contribution is 5.93. The van der Waals surface area contributed by atoms with Crippen LogP contribution in [0.3, 0.4) is 0 Å². The molecule has 0 fully saturated rings. The van der Waals surface area contributed by atoms with E-state index in [9.17, 15) is 4.79 Å². The van der Waals surface area contributed by atoms with Gasteiger partial charge in [0.1, 0.15) is 0 Å². The highest BCUT2D eigenvalue weighted by atomic mass is 35.5. The number of hydrogen-bond donors (Lipinski definition) is 1. The van der Waals surface area contributed by atoms with Crippen LogP contribution in [0.15, 0.2) is 48.8 Å². The van der Waals surface area contributed by atoms with Crippen LogP contribution in [0.4, 0.5) is 0 Å². The Labute approximate surface area is 113 Å². The predicted octanol–water partition coefficient (Wildman–Crippen LogP) is 2.74. The summed E-state index contributed by atoms with van der Waals surface area (Å²) in [6, 6.07) is 11.6. The van der Waals surface area contributed by atoms with E-state index in [1.165, 1.54) is 5.56 Å². The Balaban J connectivity index is 0.00000162. The van der Waals surface area contributed by atoms with Gasteiger partial charge in [0.25, 0.3) is 5.91 Å². The number of nitrogens with zero attached hydrogens (tertiary/aromatic N) is 1. The lowest BCUT2D eigenvalue weighted by atomic mass is 10.1. The molecule has 0 unspecified atom stereocenters. The van der Waals surface area contributed by atoms with E-state index in [1.807, 2.05) is 25.1 Å². The number of benzene rings is 1. The summed E-state index contributed by atoms with van der Waals surface area (Å²) in [4.78, 5) is 15.7. The second-order valence-corrected chi connectivity index (χ2v) is 3.91. The number of pyridine rings is 1. The summed E-state index contributed by atoms with van der Waals surface area (Å²) < 4.78 is 0. The zero-order chi connectivity index (χ0) is 12.1. The molecule has 2 rings (SSSR count). The van der Waals surface area contributed by atoms with E-state index in [0.29, 0.717) is 12.1 Å². The molecule has 0 spiro atoms. The number of carbonyl (C=O) groups is 1. The first-order valence-electron chi connectivity index (χ1n) is 5.49. The number of nitrogens with one attached hydrogen (secondary N) is 1. The molecule has 0 radical (unpaired) electrons. The number of hydrogen-bond acceptors (Lipinski definition) is 2. The molecule has 3 nitrogen and oxygen atoms in total. The van der Waals surface area contributed by atoms with Crippen molar-refractivity contribution >= 4 is 18.3 Å². The molecule has 4 heteroatoms. The van der Waals surface area contributed by atoms with E-state index in [0.717, 1.165) is 5.56 Å². The number of aromatic nitrogens is 1.